The van der Waals surface area contributed by atoms with Gasteiger partial charge in [-0.3, -0.25) is 0 Å². The molecule has 0 aliphatic carbocycles. The van der Waals surface area contributed by atoms with Crippen LogP contribution in [-0.4, -0.2) is 22.6 Å². The van der Waals surface area contributed by atoms with Gasteiger partial charge in [0, 0.05) is 53.4 Å². The summed E-state index contributed by atoms with van der Waals surface area (Å²) >= 11 is 1.72. The highest BCUT2D eigenvalue weighted by Crippen LogP contribution is 2.36. The maximum absolute atomic E-state index is 9.31. The van der Waals surface area contributed by atoms with E-state index in [1.807, 2.05) is 29.8 Å². The first kappa shape index (κ1) is 18.0. The lowest BCUT2D eigenvalue weighted by atomic mass is 10.0. The molecule has 3 heterocycles. The first-order valence-corrected chi connectivity index (χ1v) is 10.9. The molecule has 0 radical (unpaired) electrons. The molecule has 4 nitrogen and oxygen atoms in total. The monoisotopic (exact) mass is 398 g/mol. The second-order valence-corrected chi connectivity index (χ2v) is 8.57. The minimum absolute atomic E-state index is 0.475. The number of aryl methyl sites for hydroxylation is 1. The fraction of sp³-hybridized carbons (Fsp3) is 0.250. The molecular formula is C24H22N4S. The van der Waals surface area contributed by atoms with E-state index in [1.54, 1.807) is 11.3 Å². The molecule has 0 unspecified atom stereocenters. The summed E-state index contributed by atoms with van der Waals surface area (Å²) in [6, 6.07) is 17.4. The summed E-state index contributed by atoms with van der Waals surface area (Å²) in [4.78, 5) is 6.87. The van der Waals surface area contributed by atoms with E-state index in [0.29, 0.717) is 11.6 Å². The standard InChI is InChI=1S/C24H22N4S/c1-17-5-6-21-22(19-4-2-3-18(14-19)15-25)16-28(23(21)13-17)20-7-10-27(11-8-20)24-26-9-12-29-24/h2-6,9,12-14,16,20H,7-8,10-11H2,1H3. The number of anilines is 1. The number of rotatable bonds is 3. The van der Waals surface area contributed by atoms with E-state index in [2.05, 4.69) is 57.9 Å². The van der Waals surface area contributed by atoms with Crippen LogP contribution < -0.4 is 4.90 Å². The maximum Gasteiger partial charge on any atom is 0.185 e. The average molecular weight is 399 g/mol. The molecule has 0 saturated carbocycles. The van der Waals surface area contributed by atoms with Crippen LogP contribution in [0, 0.1) is 18.3 Å². The van der Waals surface area contributed by atoms with Gasteiger partial charge in [0.05, 0.1) is 11.6 Å². The molecule has 5 rings (SSSR count). The molecule has 29 heavy (non-hydrogen) atoms. The Balaban J connectivity index is 1.53. The zero-order valence-electron chi connectivity index (χ0n) is 16.4. The van der Waals surface area contributed by atoms with Gasteiger partial charge >= 0.3 is 0 Å². The Hall–Kier alpha value is -3.10. The first-order valence-electron chi connectivity index (χ1n) is 9.99. The van der Waals surface area contributed by atoms with Crippen molar-refractivity contribution in [2.75, 3.05) is 18.0 Å². The second-order valence-electron chi connectivity index (χ2n) is 7.70. The summed E-state index contributed by atoms with van der Waals surface area (Å²) in [6.07, 6.45) is 6.39. The number of nitriles is 1. The fourth-order valence-corrected chi connectivity index (χ4v) is 5.05. The number of piperidine rings is 1. The Morgan fingerprint density at radius 3 is 2.76 bits per heavy atom. The molecule has 5 heteroatoms. The molecule has 2 aromatic heterocycles. The van der Waals surface area contributed by atoms with Gasteiger partial charge in [0.2, 0.25) is 0 Å². The highest BCUT2D eigenvalue weighted by atomic mass is 32.1. The Morgan fingerprint density at radius 1 is 1.14 bits per heavy atom. The number of benzene rings is 2. The minimum Gasteiger partial charge on any atom is -0.348 e. The first-order chi connectivity index (χ1) is 14.2. The Morgan fingerprint density at radius 2 is 2.00 bits per heavy atom. The molecule has 1 fully saturated rings. The van der Waals surface area contributed by atoms with Gasteiger partial charge in [0.15, 0.2) is 5.13 Å². The smallest absolute Gasteiger partial charge is 0.185 e. The molecule has 4 aromatic rings. The number of fused-ring (bicyclic) bond motifs is 1. The van der Waals surface area contributed by atoms with E-state index in [4.69, 9.17) is 0 Å². The molecule has 1 aliphatic rings. The summed E-state index contributed by atoms with van der Waals surface area (Å²) in [6.45, 7) is 4.21. The molecule has 2 aromatic carbocycles. The summed E-state index contributed by atoms with van der Waals surface area (Å²) in [5.41, 5.74) is 5.58. The third-order valence-corrected chi connectivity index (χ3v) is 6.67. The normalized spacial score (nSPS) is 15.0. The quantitative estimate of drug-likeness (QED) is 0.439. The van der Waals surface area contributed by atoms with Gasteiger partial charge in [-0.15, -0.1) is 11.3 Å². The van der Waals surface area contributed by atoms with Crippen LogP contribution >= 0.6 is 11.3 Å². The van der Waals surface area contributed by atoms with Crippen LogP contribution in [0.3, 0.4) is 0 Å². The lowest BCUT2D eigenvalue weighted by Crippen LogP contribution is -2.34. The van der Waals surface area contributed by atoms with Crippen molar-refractivity contribution >= 4 is 27.4 Å². The number of nitrogens with zero attached hydrogens (tertiary/aromatic N) is 4. The molecule has 0 N–H and O–H groups in total. The topological polar surface area (TPSA) is 44.9 Å². The van der Waals surface area contributed by atoms with E-state index < -0.39 is 0 Å². The third kappa shape index (κ3) is 3.30. The highest BCUT2D eigenvalue weighted by Gasteiger charge is 2.24. The molecule has 0 atom stereocenters. The summed E-state index contributed by atoms with van der Waals surface area (Å²) in [5.74, 6) is 0. The van der Waals surface area contributed by atoms with Gasteiger partial charge in [0.25, 0.3) is 0 Å². The SMILES string of the molecule is Cc1ccc2c(-c3cccc(C#N)c3)cn(C3CCN(c4nccs4)CC3)c2c1. The number of aromatic nitrogens is 2. The van der Waals surface area contributed by atoms with Crippen LogP contribution in [0.5, 0.6) is 0 Å². The Labute approximate surface area is 174 Å². The summed E-state index contributed by atoms with van der Waals surface area (Å²) in [5, 5.41) is 13.7. The van der Waals surface area contributed by atoms with Crippen molar-refractivity contribution in [2.24, 2.45) is 0 Å². The van der Waals surface area contributed by atoms with Gasteiger partial charge in [0.1, 0.15) is 0 Å². The van der Waals surface area contributed by atoms with Gasteiger partial charge in [-0.2, -0.15) is 5.26 Å². The van der Waals surface area contributed by atoms with E-state index in [0.717, 1.165) is 36.6 Å². The van der Waals surface area contributed by atoms with Crippen LogP contribution in [-0.2, 0) is 0 Å². The minimum atomic E-state index is 0.475. The maximum atomic E-state index is 9.31. The summed E-state index contributed by atoms with van der Waals surface area (Å²) in [7, 11) is 0. The van der Waals surface area contributed by atoms with Gasteiger partial charge < -0.3 is 9.47 Å². The van der Waals surface area contributed by atoms with Crippen molar-refractivity contribution in [1.82, 2.24) is 9.55 Å². The van der Waals surface area contributed by atoms with Crippen molar-refractivity contribution < 1.29 is 0 Å². The summed E-state index contributed by atoms with van der Waals surface area (Å²) < 4.78 is 2.47. The molecule has 1 aliphatic heterocycles. The molecular weight excluding hydrogens is 376 g/mol. The largest absolute Gasteiger partial charge is 0.348 e. The third-order valence-electron chi connectivity index (χ3n) is 5.84. The van der Waals surface area contributed by atoms with Gasteiger partial charge in [-0.1, -0.05) is 24.3 Å². The number of hydrogen-bond acceptors (Lipinski definition) is 4. The van der Waals surface area contributed by atoms with Crippen LogP contribution in [0.25, 0.3) is 22.0 Å². The molecule has 1 saturated heterocycles. The van der Waals surface area contributed by atoms with Crippen molar-refractivity contribution in [3.05, 3.63) is 71.4 Å². The molecule has 0 bridgehead atoms. The lowest BCUT2D eigenvalue weighted by Gasteiger charge is -2.33. The fourth-order valence-electron chi connectivity index (χ4n) is 4.36. The van der Waals surface area contributed by atoms with Gasteiger partial charge in [-0.25, -0.2) is 4.98 Å². The number of thiazole rings is 1. The average Bonchev–Trinajstić information content (AvgIpc) is 3.42. The Bertz CT molecular complexity index is 1190. The lowest BCUT2D eigenvalue weighted by molar-refractivity contribution is 0.405. The van der Waals surface area contributed by atoms with Crippen LogP contribution in [0.2, 0.25) is 0 Å². The molecule has 0 amide bonds. The molecule has 0 spiro atoms. The Kier molecular flexibility index (Phi) is 4.57. The predicted molar refractivity (Wildman–Crippen MR) is 119 cm³/mol. The van der Waals surface area contributed by atoms with E-state index in [-0.39, 0.29) is 0 Å². The number of hydrogen-bond donors (Lipinski definition) is 0. The predicted octanol–water partition coefficient (Wildman–Crippen LogP) is 5.79. The van der Waals surface area contributed by atoms with Crippen LogP contribution in [0.1, 0.15) is 30.0 Å². The second kappa shape index (κ2) is 7.38. The van der Waals surface area contributed by atoms with E-state index in [1.165, 1.54) is 22.0 Å². The molecule has 144 valence electrons. The van der Waals surface area contributed by atoms with Crippen LogP contribution in [0.15, 0.2) is 60.2 Å². The van der Waals surface area contributed by atoms with E-state index >= 15 is 0 Å². The van der Waals surface area contributed by atoms with Crippen molar-refractivity contribution in [3.63, 3.8) is 0 Å². The van der Waals surface area contributed by atoms with E-state index in [9.17, 15) is 5.26 Å². The van der Waals surface area contributed by atoms with Gasteiger partial charge in [-0.05, 0) is 49.1 Å². The van der Waals surface area contributed by atoms with Crippen molar-refractivity contribution in [1.29, 1.82) is 5.26 Å². The van der Waals surface area contributed by atoms with Crippen molar-refractivity contribution in [2.45, 2.75) is 25.8 Å². The zero-order chi connectivity index (χ0) is 19.8. The van der Waals surface area contributed by atoms with Crippen molar-refractivity contribution in [3.8, 4) is 17.2 Å². The highest BCUT2D eigenvalue weighted by molar-refractivity contribution is 7.13. The van der Waals surface area contributed by atoms with Crippen LogP contribution in [0.4, 0.5) is 5.13 Å². The zero-order valence-corrected chi connectivity index (χ0v) is 17.2.